The second-order valence-corrected chi connectivity index (χ2v) is 10.6. The summed E-state index contributed by atoms with van der Waals surface area (Å²) in [6.07, 6.45) is 4.86. The first-order chi connectivity index (χ1) is 15.4. The zero-order valence-electron chi connectivity index (χ0n) is 18.0. The maximum Gasteiger partial charge on any atom is 0.258 e. The van der Waals surface area contributed by atoms with E-state index in [4.69, 9.17) is 0 Å². The minimum atomic E-state index is -3.50. The van der Waals surface area contributed by atoms with Gasteiger partial charge >= 0.3 is 0 Å². The number of carbonyl (C=O) groups excluding carboxylic acids is 2. The van der Waals surface area contributed by atoms with Gasteiger partial charge in [-0.3, -0.25) is 9.59 Å². The van der Waals surface area contributed by atoms with Crippen molar-refractivity contribution in [2.45, 2.75) is 43.4 Å². The number of fused-ring (bicyclic) bond motifs is 1. The van der Waals surface area contributed by atoms with E-state index in [-0.39, 0.29) is 11.8 Å². The van der Waals surface area contributed by atoms with E-state index in [1.54, 1.807) is 50.5 Å². The highest BCUT2D eigenvalue weighted by atomic mass is 32.2. The second kappa shape index (κ2) is 8.33. The van der Waals surface area contributed by atoms with Gasteiger partial charge in [-0.25, -0.2) is 8.42 Å². The monoisotopic (exact) mass is 453 g/mol. The number of sulfonamides is 1. The van der Waals surface area contributed by atoms with Gasteiger partial charge < -0.3 is 9.80 Å². The molecule has 2 amide bonds. The molecule has 2 aromatic rings. The number of benzene rings is 2. The van der Waals surface area contributed by atoms with Gasteiger partial charge in [0, 0.05) is 49.5 Å². The third-order valence-electron chi connectivity index (χ3n) is 6.62. The maximum atomic E-state index is 13.3. The van der Waals surface area contributed by atoms with E-state index >= 15 is 0 Å². The summed E-state index contributed by atoms with van der Waals surface area (Å²) in [4.78, 5) is 29.1. The van der Waals surface area contributed by atoms with Crippen molar-refractivity contribution in [3.8, 4) is 0 Å². The third kappa shape index (κ3) is 3.71. The van der Waals surface area contributed by atoms with Crippen LogP contribution in [-0.2, 0) is 21.2 Å². The highest BCUT2D eigenvalue weighted by molar-refractivity contribution is 7.89. The van der Waals surface area contributed by atoms with Gasteiger partial charge in [0.25, 0.3) is 5.91 Å². The fraction of sp³-hybridized carbons (Fsp3) is 0.417. The van der Waals surface area contributed by atoms with Gasteiger partial charge in [0.1, 0.15) is 0 Å². The van der Waals surface area contributed by atoms with Gasteiger partial charge in [0.2, 0.25) is 15.9 Å². The van der Waals surface area contributed by atoms with Crippen molar-refractivity contribution in [3.63, 3.8) is 0 Å². The fourth-order valence-corrected chi connectivity index (χ4v) is 6.46. The Morgan fingerprint density at radius 1 is 0.844 bits per heavy atom. The summed E-state index contributed by atoms with van der Waals surface area (Å²) in [5.41, 5.74) is 2.92. The average Bonchev–Trinajstić information content (AvgIpc) is 3.45. The van der Waals surface area contributed by atoms with E-state index in [0.717, 1.165) is 42.6 Å². The van der Waals surface area contributed by atoms with Crippen LogP contribution in [0.25, 0.3) is 0 Å². The molecule has 0 radical (unpaired) electrons. The Morgan fingerprint density at radius 2 is 1.66 bits per heavy atom. The SMILES string of the molecule is O=C1CCCN1c1cccc(C(=O)N2CCc3cc(S(=O)(=O)N4CCCCC4)ccc32)c1. The summed E-state index contributed by atoms with van der Waals surface area (Å²) in [5, 5.41) is 0. The smallest absolute Gasteiger partial charge is 0.258 e. The molecule has 8 heteroatoms. The Morgan fingerprint density at radius 3 is 2.41 bits per heavy atom. The van der Waals surface area contributed by atoms with Crippen LogP contribution in [0.2, 0.25) is 0 Å². The summed E-state index contributed by atoms with van der Waals surface area (Å²) >= 11 is 0. The van der Waals surface area contributed by atoms with Gasteiger partial charge in [0.05, 0.1) is 4.90 Å². The standard InChI is InChI=1S/C24H27N3O4S/c28-23-8-5-14-26(23)20-7-4-6-19(16-20)24(29)27-15-11-18-17-21(9-10-22(18)27)32(30,31)25-12-2-1-3-13-25/h4,6-7,9-10,16-17H,1-3,5,8,11-15H2. The largest absolute Gasteiger partial charge is 0.312 e. The van der Waals surface area contributed by atoms with Crippen LogP contribution in [0.1, 0.15) is 48.0 Å². The number of carbonyl (C=O) groups is 2. The molecule has 0 spiro atoms. The minimum Gasteiger partial charge on any atom is -0.312 e. The lowest BCUT2D eigenvalue weighted by Gasteiger charge is -2.26. The number of anilines is 2. The first-order valence-corrected chi connectivity index (χ1v) is 12.7. The molecule has 3 heterocycles. The Bertz CT molecular complexity index is 1170. The molecule has 0 saturated carbocycles. The summed E-state index contributed by atoms with van der Waals surface area (Å²) in [7, 11) is -3.50. The normalized spacial score (nSPS) is 19.4. The molecule has 2 fully saturated rings. The van der Waals surface area contributed by atoms with Crippen molar-refractivity contribution in [2.24, 2.45) is 0 Å². The van der Waals surface area contributed by atoms with Crippen LogP contribution >= 0.6 is 0 Å². The lowest BCUT2D eigenvalue weighted by atomic mass is 10.1. The summed E-state index contributed by atoms with van der Waals surface area (Å²) in [6.45, 7) is 2.32. The highest BCUT2D eigenvalue weighted by Crippen LogP contribution is 2.33. The molecule has 5 rings (SSSR count). The van der Waals surface area contributed by atoms with Gasteiger partial charge in [-0.15, -0.1) is 0 Å². The van der Waals surface area contributed by atoms with Crippen LogP contribution in [0, 0.1) is 0 Å². The predicted octanol–water partition coefficient (Wildman–Crippen LogP) is 3.19. The van der Waals surface area contributed by atoms with E-state index in [2.05, 4.69) is 0 Å². The Hall–Kier alpha value is -2.71. The van der Waals surface area contributed by atoms with Crippen LogP contribution in [0.15, 0.2) is 47.4 Å². The number of hydrogen-bond donors (Lipinski definition) is 0. The van der Waals surface area contributed by atoms with Crippen molar-refractivity contribution in [1.82, 2.24) is 4.31 Å². The van der Waals surface area contributed by atoms with Crippen molar-refractivity contribution in [3.05, 3.63) is 53.6 Å². The van der Waals surface area contributed by atoms with E-state index < -0.39 is 10.0 Å². The fourth-order valence-electron chi connectivity index (χ4n) is 4.89. The van der Waals surface area contributed by atoms with Gasteiger partial charge in [-0.1, -0.05) is 12.5 Å². The molecule has 7 nitrogen and oxygen atoms in total. The minimum absolute atomic E-state index is 0.0866. The Balaban J connectivity index is 1.39. The zero-order valence-corrected chi connectivity index (χ0v) is 18.8. The molecule has 0 aromatic heterocycles. The molecule has 2 aromatic carbocycles. The lowest BCUT2D eigenvalue weighted by Crippen LogP contribution is -2.35. The van der Waals surface area contributed by atoms with Gasteiger partial charge in [0.15, 0.2) is 0 Å². The zero-order chi connectivity index (χ0) is 22.3. The van der Waals surface area contributed by atoms with Crippen molar-refractivity contribution in [2.75, 3.05) is 36.0 Å². The Kier molecular flexibility index (Phi) is 5.51. The Labute approximate surface area is 188 Å². The number of amides is 2. The molecule has 3 aliphatic rings. The van der Waals surface area contributed by atoms with Crippen LogP contribution in [0.4, 0.5) is 11.4 Å². The summed E-state index contributed by atoms with van der Waals surface area (Å²) in [5.74, 6) is -0.0487. The van der Waals surface area contributed by atoms with E-state index in [1.165, 1.54) is 0 Å². The number of nitrogens with zero attached hydrogens (tertiary/aromatic N) is 3. The molecule has 0 atom stereocenters. The van der Waals surface area contributed by atoms with Gasteiger partial charge in [-0.05, 0) is 67.6 Å². The van der Waals surface area contributed by atoms with Crippen molar-refractivity contribution >= 4 is 33.2 Å². The summed E-state index contributed by atoms with van der Waals surface area (Å²) in [6, 6.07) is 12.3. The van der Waals surface area contributed by atoms with Crippen molar-refractivity contribution < 1.29 is 18.0 Å². The van der Waals surface area contributed by atoms with E-state index in [9.17, 15) is 18.0 Å². The molecular formula is C24H27N3O4S. The molecule has 0 bridgehead atoms. The number of piperidine rings is 1. The van der Waals surface area contributed by atoms with Gasteiger partial charge in [-0.2, -0.15) is 4.31 Å². The van der Waals surface area contributed by atoms with E-state index in [1.807, 2.05) is 6.07 Å². The topological polar surface area (TPSA) is 78.0 Å². The highest BCUT2D eigenvalue weighted by Gasteiger charge is 2.31. The van der Waals surface area contributed by atoms with Crippen LogP contribution < -0.4 is 9.80 Å². The second-order valence-electron chi connectivity index (χ2n) is 8.66. The van der Waals surface area contributed by atoms with Crippen LogP contribution in [-0.4, -0.2) is 50.7 Å². The van der Waals surface area contributed by atoms with E-state index in [0.29, 0.717) is 49.5 Å². The summed E-state index contributed by atoms with van der Waals surface area (Å²) < 4.78 is 27.6. The van der Waals surface area contributed by atoms with Crippen molar-refractivity contribution in [1.29, 1.82) is 0 Å². The molecule has 168 valence electrons. The molecular weight excluding hydrogens is 426 g/mol. The molecule has 32 heavy (non-hydrogen) atoms. The molecule has 0 unspecified atom stereocenters. The third-order valence-corrected chi connectivity index (χ3v) is 8.52. The molecule has 0 aliphatic carbocycles. The molecule has 3 aliphatic heterocycles. The number of rotatable bonds is 4. The lowest BCUT2D eigenvalue weighted by molar-refractivity contribution is -0.117. The average molecular weight is 454 g/mol. The molecule has 0 N–H and O–H groups in total. The number of hydrogen-bond acceptors (Lipinski definition) is 4. The first-order valence-electron chi connectivity index (χ1n) is 11.3. The maximum absolute atomic E-state index is 13.3. The molecule has 2 saturated heterocycles. The predicted molar refractivity (Wildman–Crippen MR) is 122 cm³/mol. The van der Waals surface area contributed by atoms with Crippen LogP contribution in [0.3, 0.4) is 0 Å². The first kappa shape index (κ1) is 21.2. The van der Waals surface area contributed by atoms with Crippen LogP contribution in [0.5, 0.6) is 0 Å². The quantitative estimate of drug-likeness (QED) is 0.712.